The number of hydrogen-bond donors (Lipinski definition) is 0. The van der Waals surface area contributed by atoms with Crippen molar-refractivity contribution in [2.75, 3.05) is 0 Å². The molecule has 0 N–H and O–H groups in total. The van der Waals surface area contributed by atoms with Gasteiger partial charge in [-0.3, -0.25) is 4.57 Å². The first-order chi connectivity index (χ1) is 23.8. The molecular weight excluding hydrogens is 617 g/mol. The molecule has 228 valence electrons. The fourth-order valence-corrected chi connectivity index (χ4v) is 13.3. The Morgan fingerprint density at radius 2 is 0.979 bits per heavy atom. The maximum absolute atomic E-state index is 4.91. The third-order valence-electron chi connectivity index (χ3n) is 9.65. The van der Waals surface area contributed by atoms with Crippen molar-refractivity contribution in [2.24, 2.45) is 0 Å². The summed E-state index contributed by atoms with van der Waals surface area (Å²) in [7, 11) is -2.74. The number of imidazole rings is 1. The Hall–Kier alpha value is -5.42. The third kappa shape index (κ3) is 4.76. The molecule has 9 rings (SSSR count). The molecule has 0 fully saturated rings. The largest absolute Gasteiger partial charge is 0.287 e. The van der Waals surface area contributed by atoms with Gasteiger partial charge in [0, 0.05) is 5.75 Å². The van der Waals surface area contributed by atoms with Gasteiger partial charge in [0.25, 0.3) is 0 Å². The van der Waals surface area contributed by atoms with Gasteiger partial charge in [0.1, 0.15) is 0 Å². The predicted octanol–water partition coefficient (Wildman–Crippen LogP) is 8.34. The molecule has 1 aliphatic heterocycles. The molecule has 0 atom stereocenters. The van der Waals surface area contributed by atoms with E-state index in [4.69, 9.17) is 4.98 Å². The molecule has 0 radical (unpaired) electrons. The van der Waals surface area contributed by atoms with Gasteiger partial charge >= 0.3 is 0 Å². The molecular formula is C44H32N2SSi. The number of nitrogens with zero attached hydrogens (tertiary/aromatic N) is 2. The second kappa shape index (κ2) is 12.0. The standard InChI is InChI=1S/C44H32N2SSi/c1-4-14-32(15-5-1)33-16-12-22-39(29-33)48(37-18-6-2-7-19-37,38-20-8-3-9-21-38)40-23-13-17-34(30-40)35-26-27-42-36(28-35)31-47-44-45-41-24-10-11-25-43(41)46(42)44/h1-30H,31H2. The van der Waals surface area contributed by atoms with E-state index in [-0.39, 0.29) is 0 Å². The van der Waals surface area contributed by atoms with Crippen molar-refractivity contribution in [1.29, 1.82) is 0 Å². The molecule has 4 heteroatoms. The highest BCUT2D eigenvalue weighted by Gasteiger charge is 2.41. The van der Waals surface area contributed by atoms with Crippen molar-refractivity contribution < 1.29 is 0 Å². The second-order valence-electron chi connectivity index (χ2n) is 12.4. The number of fused-ring (bicyclic) bond motifs is 5. The minimum atomic E-state index is -2.74. The van der Waals surface area contributed by atoms with Gasteiger partial charge in [-0.2, -0.15) is 0 Å². The quantitative estimate of drug-likeness (QED) is 0.133. The fraction of sp³-hybridized carbons (Fsp3) is 0.0227. The highest BCUT2D eigenvalue weighted by atomic mass is 32.2. The minimum absolute atomic E-state index is 0.908. The maximum atomic E-state index is 4.91. The maximum Gasteiger partial charge on any atom is 0.179 e. The van der Waals surface area contributed by atoms with E-state index in [1.165, 1.54) is 54.3 Å². The number of aromatic nitrogens is 2. The van der Waals surface area contributed by atoms with Gasteiger partial charge in [-0.1, -0.05) is 169 Å². The van der Waals surface area contributed by atoms with Crippen LogP contribution in [0.3, 0.4) is 0 Å². The lowest BCUT2D eigenvalue weighted by atomic mass is 10.0. The number of hydrogen-bond acceptors (Lipinski definition) is 2. The zero-order valence-corrected chi connectivity index (χ0v) is 28.1. The zero-order chi connectivity index (χ0) is 31.9. The van der Waals surface area contributed by atoms with Crippen LogP contribution in [0.2, 0.25) is 0 Å². The number of rotatable bonds is 6. The number of benzene rings is 7. The summed E-state index contributed by atoms with van der Waals surface area (Å²) in [5.74, 6) is 0.908. The Labute approximate surface area is 286 Å². The molecule has 0 saturated heterocycles. The SMILES string of the molecule is c1ccc(-c2cccc([Si](c3ccccc3)(c3ccccc3)c3cccc(-c4ccc5c(c4)CSc4nc6ccccc6n4-5)c3)c2)cc1. The number of thioether (sulfide) groups is 1. The van der Waals surface area contributed by atoms with Crippen LogP contribution in [-0.4, -0.2) is 17.6 Å². The van der Waals surface area contributed by atoms with Crippen LogP contribution in [0.5, 0.6) is 0 Å². The van der Waals surface area contributed by atoms with Crippen LogP contribution in [0.15, 0.2) is 187 Å². The van der Waals surface area contributed by atoms with E-state index in [2.05, 4.69) is 187 Å². The van der Waals surface area contributed by atoms with Crippen LogP contribution in [0, 0.1) is 0 Å². The Morgan fingerprint density at radius 1 is 0.458 bits per heavy atom. The van der Waals surface area contributed by atoms with E-state index in [0.29, 0.717) is 0 Å². The van der Waals surface area contributed by atoms with Gasteiger partial charge in [-0.15, -0.1) is 0 Å². The van der Waals surface area contributed by atoms with Crippen LogP contribution >= 0.6 is 11.8 Å². The van der Waals surface area contributed by atoms with Gasteiger partial charge < -0.3 is 0 Å². The Kier molecular flexibility index (Phi) is 7.18. The predicted molar refractivity (Wildman–Crippen MR) is 205 cm³/mol. The second-order valence-corrected chi connectivity index (χ2v) is 17.1. The summed E-state index contributed by atoms with van der Waals surface area (Å²) < 4.78 is 2.32. The summed E-state index contributed by atoms with van der Waals surface area (Å²) in [5.41, 5.74) is 9.73. The molecule has 0 saturated carbocycles. The van der Waals surface area contributed by atoms with Crippen molar-refractivity contribution in [1.82, 2.24) is 9.55 Å². The van der Waals surface area contributed by atoms with Crippen molar-refractivity contribution in [3.63, 3.8) is 0 Å². The Bertz CT molecular complexity index is 2360. The van der Waals surface area contributed by atoms with Gasteiger partial charge in [0.2, 0.25) is 0 Å². The highest BCUT2D eigenvalue weighted by Crippen LogP contribution is 2.38. The molecule has 2 nitrogen and oxygen atoms in total. The molecule has 2 heterocycles. The van der Waals surface area contributed by atoms with E-state index in [1.807, 2.05) is 11.8 Å². The van der Waals surface area contributed by atoms with Gasteiger partial charge in [0.15, 0.2) is 13.2 Å². The Morgan fingerprint density at radius 3 is 1.65 bits per heavy atom. The monoisotopic (exact) mass is 648 g/mol. The summed E-state index contributed by atoms with van der Waals surface area (Å²) in [6, 6.07) is 67.2. The van der Waals surface area contributed by atoms with E-state index in [1.54, 1.807) is 0 Å². The van der Waals surface area contributed by atoms with Crippen molar-refractivity contribution in [3.05, 3.63) is 188 Å². The zero-order valence-electron chi connectivity index (χ0n) is 26.3. The van der Waals surface area contributed by atoms with Crippen LogP contribution in [0.1, 0.15) is 5.56 Å². The van der Waals surface area contributed by atoms with Gasteiger partial charge in [-0.25, -0.2) is 4.98 Å². The molecule has 0 aliphatic carbocycles. The van der Waals surface area contributed by atoms with E-state index in [0.717, 1.165) is 21.9 Å². The normalized spacial score (nSPS) is 12.4. The summed E-state index contributed by atoms with van der Waals surface area (Å²) >= 11 is 1.82. The van der Waals surface area contributed by atoms with Crippen LogP contribution in [0.4, 0.5) is 0 Å². The summed E-state index contributed by atoms with van der Waals surface area (Å²) in [5, 5.41) is 6.56. The van der Waals surface area contributed by atoms with Gasteiger partial charge in [-0.05, 0) is 72.8 Å². The topological polar surface area (TPSA) is 17.8 Å². The molecule has 8 aromatic rings. The summed E-state index contributed by atoms with van der Waals surface area (Å²) in [6.45, 7) is 0. The Balaban J connectivity index is 1.24. The lowest BCUT2D eigenvalue weighted by Gasteiger charge is -2.35. The fourth-order valence-electron chi connectivity index (χ4n) is 7.45. The van der Waals surface area contributed by atoms with E-state index < -0.39 is 8.07 Å². The molecule has 48 heavy (non-hydrogen) atoms. The van der Waals surface area contributed by atoms with Crippen molar-refractivity contribution in [2.45, 2.75) is 10.9 Å². The number of para-hydroxylation sites is 2. The molecule has 0 amide bonds. The van der Waals surface area contributed by atoms with Gasteiger partial charge in [0.05, 0.1) is 16.7 Å². The van der Waals surface area contributed by atoms with Crippen LogP contribution in [0.25, 0.3) is 39.0 Å². The van der Waals surface area contributed by atoms with Crippen LogP contribution < -0.4 is 20.7 Å². The first-order valence-electron chi connectivity index (χ1n) is 16.4. The van der Waals surface area contributed by atoms with E-state index in [9.17, 15) is 0 Å². The van der Waals surface area contributed by atoms with Crippen LogP contribution in [-0.2, 0) is 5.75 Å². The van der Waals surface area contributed by atoms with Crippen molar-refractivity contribution >= 4 is 51.6 Å². The molecule has 0 spiro atoms. The summed E-state index contributed by atoms with van der Waals surface area (Å²) in [4.78, 5) is 4.91. The highest BCUT2D eigenvalue weighted by molar-refractivity contribution is 7.98. The third-order valence-corrected chi connectivity index (χ3v) is 15.4. The lowest BCUT2D eigenvalue weighted by molar-refractivity contribution is 0.895. The molecule has 1 aromatic heterocycles. The first kappa shape index (κ1) is 28.8. The van der Waals surface area contributed by atoms with Crippen molar-refractivity contribution in [3.8, 4) is 27.9 Å². The minimum Gasteiger partial charge on any atom is -0.287 e. The molecule has 0 unspecified atom stereocenters. The summed E-state index contributed by atoms with van der Waals surface area (Å²) in [6.07, 6.45) is 0. The molecule has 7 aromatic carbocycles. The first-order valence-corrected chi connectivity index (χ1v) is 19.4. The average Bonchev–Trinajstić information content (AvgIpc) is 3.56. The van der Waals surface area contributed by atoms with E-state index >= 15 is 0 Å². The molecule has 0 bridgehead atoms. The lowest BCUT2D eigenvalue weighted by Crippen LogP contribution is -2.74. The smallest absolute Gasteiger partial charge is 0.179 e. The average molecular weight is 649 g/mol. The molecule has 1 aliphatic rings.